The molecule has 0 spiro atoms. The molecule has 1 aliphatic heterocycles. The van der Waals surface area contributed by atoms with Crippen LogP contribution in [0.5, 0.6) is 5.75 Å². The van der Waals surface area contributed by atoms with Crippen LogP contribution in [0.1, 0.15) is 18.9 Å². The van der Waals surface area contributed by atoms with Crippen molar-refractivity contribution in [2.45, 2.75) is 25.9 Å². The molecule has 1 heterocycles. The van der Waals surface area contributed by atoms with Crippen LogP contribution in [0.3, 0.4) is 0 Å². The third-order valence-electron chi connectivity index (χ3n) is 3.73. The Morgan fingerprint density at radius 2 is 2.21 bits per heavy atom. The van der Waals surface area contributed by atoms with Crippen LogP contribution in [0, 0.1) is 11.7 Å². The summed E-state index contributed by atoms with van der Waals surface area (Å²) in [6.07, 6.45) is 1.13. The normalized spacial score (nSPS) is 23.2. The molecule has 3 nitrogen and oxygen atoms in total. The van der Waals surface area contributed by atoms with E-state index in [1.165, 1.54) is 7.11 Å². The highest BCUT2D eigenvalue weighted by atomic mass is 35.5. The Labute approximate surface area is 120 Å². The van der Waals surface area contributed by atoms with E-state index in [-0.39, 0.29) is 18.2 Å². The summed E-state index contributed by atoms with van der Waals surface area (Å²) in [5.74, 6) is 0.577. The Kier molecular flexibility index (Phi) is 6.04. The number of likely N-dealkylation sites (tertiary alicyclic amines) is 1. The van der Waals surface area contributed by atoms with Gasteiger partial charge in [0.25, 0.3) is 0 Å². The zero-order valence-corrected chi connectivity index (χ0v) is 12.3. The maximum absolute atomic E-state index is 13.6. The van der Waals surface area contributed by atoms with E-state index in [9.17, 15) is 4.39 Å². The number of methoxy groups -OCH3 is 1. The smallest absolute Gasteiger partial charge is 0.165 e. The van der Waals surface area contributed by atoms with Crippen molar-refractivity contribution in [1.29, 1.82) is 0 Å². The Morgan fingerprint density at radius 3 is 2.74 bits per heavy atom. The zero-order valence-electron chi connectivity index (χ0n) is 11.4. The molecule has 0 aliphatic carbocycles. The van der Waals surface area contributed by atoms with Crippen LogP contribution in [0.25, 0.3) is 0 Å². The summed E-state index contributed by atoms with van der Waals surface area (Å²) in [4.78, 5) is 2.36. The van der Waals surface area contributed by atoms with Gasteiger partial charge in [0.05, 0.1) is 7.11 Å². The highest BCUT2D eigenvalue weighted by molar-refractivity contribution is 5.85. The summed E-state index contributed by atoms with van der Waals surface area (Å²) in [7, 11) is 1.48. The molecule has 1 aliphatic rings. The molecule has 2 unspecified atom stereocenters. The third kappa shape index (κ3) is 3.81. The van der Waals surface area contributed by atoms with Gasteiger partial charge in [0.1, 0.15) is 0 Å². The summed E-state index contributed by atoms with van der Waals surface area (Å²) in [6.45, 7) is 4.72. The number of rotatable bonds is 4. The number of halogens is 2. The van der Waals surface area contributed by atoms with Crippen LogP contribution in [0.2, 0.25) is 0 Å². The molecule has 108 valence electrons. The molecule has 19 heavy (non-hydrogen) atoms. The largest absolute Gasteiger partial charge is 0.494 e. The van der Waals surface area contributed by atoms with Crippen molar-refractivity contribution in [3.63, 3.8) is 0 Å². The van der Waals surface area contributed by atoms with Gasteiger partial charge in [-0.05, 0) is 43.5 Å². The van der Waals surface area contributed by atoms with E-state index in [1.54, 1.807) is 12.1 Å². The van der Waals surface area contributed by atoms with E-state index >= 15 is 0 Å². The van der Waals surface area contributed by atoms with Crippen LogP contribution in [-0.4, -0.2) is 31.1 Å². The van der Waals surface area contributed by atoms with Crippen LogP contribution in [0.4, 0.5) is 4.39 Å². The van der Waals surface area contributed by atoms with Gasteiger partial charge in [-0.15, -0.1) is 12.4 Å². The first-order valence-corrected chi connectivity index (χ1v) is 6.40. The first-order valence-electron chi connectivity index (χ1n) is 6.40. The summed E-state index contributed by atoms with van der Waals surface area (Å²) >= 11 is 0. The Morgan fingerprint density at radius 1 is 1.47 bits per heavy atom. The van der Waals surface area contributed by atoms with E-state index in [0.29, 0.717) is 17.7 Å². The van der Waals surface area contributed by atoms with Crippen molar-refractivity contribution in [1.82, 2.24) is 4.90 Å². The van der Waals surface area contributed by atoms with E-state index < -0.39 is 0 Å². The molecule has 0 amide bonds. The molecular weight excluding hydrogens is 267 g/mol. The molecule has 0 bridgehead atoms. The molecule has 1 aromatic rings. The van der Waals surface area contributed by atoms with Gasteiger partial charge in [-0.25, -0.2) is 4.39 Å². The summed E-state index contributed by atoms with van der Waals surface area (Å²) in [5, 5.41) is 0. The minimum absolute atomic E-state index is 0. The van der Waals surface area contributed by atoms with E-state index in [1.807, 2.05) is 6.07 Å². The van der Waals surface area contributed by atoms with Crippen molar-refractivity contribution >= 4 is 12.4 Å². The number of benzene rings is 1. The maximum Gasteiger partial charge on any atom is 0.165 e. The van der Waals surface area contributed by atoms with Gasteiger partial charge in [-0.2, -0.15) is 0 Å². The van der Waals surface area contributed by atoms with Crippen LogP contribution >= 0.6 is 12.4 Å². The first kappa shape index (κ1) is 16.2. The number of nitrogens with two attached hydrogens (primary N) is 1. The molecule has 0 radical (unpaired) electrons. The van der Waals surface area contributed by atoms with Gasteiger partial charge in [-0.3, -0.25) is 4.90 Å². The molecule has 2 atom stereocenters. The van der Waals surface area contributed by atoms with Gasteiger partial charge in [-0.1, -0.05) is 6.07 Å². The molecule has 5 heteroatoms. The lowest BCUT2D eigenvalue weighted by molar-refractivity contribution is 0.255. The van der Waals surface area contributed by atoms with Gasteiger partial charge in [0.2, 0.25) is 0 Å². The fourth-order valence-electron chi connectivity index (χ4n) is 2.65. The highest BCUT2D eigenvalue weighted by Crippen LogP contribution is 2.25. The molecule has 0 saturated carbocycles. The van der Waals surface area contributed by atoms with Crippen molar-refractivity contribution < 1.29 is 9.13 Å². The average molecular weight is 289 g/mol. The summed E-state index contributed by atoms with van der Waals surface area (Å²) in [5.41, 5.74) is 6.69. The van der Waals surface area contributed by atoms with Crippen molar-refractivity contribution in [3.8, 4) is 5.75 Å². The van der Waals surface area contributed by atoms with Gasteiger partial charge in [0.15, 0.2) is 11.6 Å². The molecule has 2 rings (SSSR count). The number of ether oxygens (including phenoxy) is 1. The second kappa shape index (κ2) is 7.08. The molecule has 0 aromatic heterocycles. The molecule has 1 fully saturated rings. The average Bonchev–Trinajstić information content (AvgIpc) is 2.70. The van der Waals surface area contributed by atoms with E-state index in [4.69, 9.17) is 10.5 Å². The van der Waals surface area contributed by atoms with Crippen LogP contribution < -0.4 is 10.5 Å². The topological polar surface area (TPSA) is 38.5 Å². The van der Waals surface area contributed by atoms with Crippen LogP contribution in [-0.2, 0) is 6.54 Å². The molecular formula is C14H22ClFN2O. The third-order valence-corrected chi connectivity index (χ3v) is 3.73. The standard InChI is InChI=1S/C14H21FN2O.ClH/c1-10-5-12(7-16)9-17(10)8-11-3-4-14(18-2)13(15)6-11;/h3-4,6,10,12H,5,7-9,16H2,1-2H3;1H. The van der Waals surface area contributed by atoms with Crippen molar-refractivity contribution in [2.75, 3.05) is 20.2 Å². The lowest BCUT2D eigenvalue weighted by Crippen LogP contribution is -2.27. The number of nitrogens with zero attached hydrogens (tertiary/aromatic N) is 1. The Hall–Kier alpha value is -0.840. The van der Waals surface area contributed by atoms with Gasteiger partial charge >= 0.3 is 0 Å². The second-order valence-electron chi connectivity index (χ2n) is 5.08. The quantitative estimate of drug-likeness (QED) is 0.925. The molecule has 2 N–H and O–H groups in total. The predicted octanol–water partition coefficient (Wildman–Crippen LogP) is 2.43. The minimum Gasteiger partial charge on any atom is -0.494 e. The van der Waals surface area contributed by atoms with Crippen molar-refractivity contribution in [3.05, 3.63) is 29.6 Å². The first-order chi connectivity index (χ1) is 8.63. The van der Waals surface area contributed by atoms with Crippen LogP contribution in [0.15, 0.2) is 18.2 Å². The lowest BCUT2D eigenvalue weighted by atomic mass is 10.1. The number of hydrogen-bond donors (Lipinski definition) is 1. The van der Waals surface area contributed by atoms with E-state index in [0.717, 1.165) is 31.6 Å². The highest BCUT2D eigenvalue weighted by Gasteiger charge is 2.27. The number of hydrogen-bond acceptors (Lipinski definition) is 3. The van der Waals surface area contributed by atoms with E-state index in [2.05, 4.69) is 11.8 Å². The minimum atomic E-state index is -0.294. The zero-order chi connectivity index (χ0) is 13.1. The SMILES string of the molecule is COc1ccc(CN2CC(CN)CC2C)cc1F.Cl. The lowest BCUT2D eigenvalue weighted by Gasteiger charge is -2.21. The predicted molar refractivity (Wildman–Crippen MR) is 77.2 cm³/mol. The van der Waals surface area contributed by atoms with Gasteiger partial charge < -0.3 is 10.5 Å². The van der Waals surface area contributed by atoms with Crippen molar-refractivity contribution in [2.24, 2.45) is 11.7 Å². The maximum atomic E-state index is 13.6. The monoisotopic (exact) mass is 288 g/mol. The Balaban J connectivity index is 0.00000180. The fraction of sp³-hybridized carbons (Fsp3) is 0.571. The second-order valence-corrected chi connectivity index (χ2v) is 5.08. The van der Waals surface area contributed by atoms with Gasteiger partial charge in [0, 0.05) is 19.1 Å². The summed E-state index contributed by atoms with van der Waals surface area (Å²) in [6, 6.07) is 5.68. The fourth-order valence-corrected chi connectivity index (χ4v) is 2.65. The Bertz CT molecular complexity index is 416. The molecule has 1 aromatic carbocycles. The molecule has 1 saturated heterocycles. The summed E-state index contributed by atoms with van der Waals surface area (Å²) < 4.78 is 18.5.